The van der Waals surface area contributed by atoms with Crippen molar-refractivity contribution in [3.05, 3.63) is 54.4 Å². The fourth-order valence-electron chi connectivity index (χ4n) is 4.14. The Hall–Kier alpha value is -3.14. The Morgan fingerprint density at radius 2 is 1.75 bits per heavy atom. The largest absolute Gasteiger partial charge is 0.474 e. The maximum atomic E-state index is 13.1. The van der Waals surface area contributed by atoms with E-state index in [0.29, 0.717) is 11.8 Å². The summed E-state index contributed by atoms with van der Waals surface area (Å²) in [5, 5.41) is 0. The first-order chi connectivity index (χ1) is 15.6. The van der Waals surface area contributed by atoms with Gasteiger partial charge < -0.3 is 14.5 Å². The highest BCUT2D eigenvalue weighted by Crippen LogP contribution is 2.37. The van der Waals surface area contributed by atoms with Gasteiger partial charge in [0, 0.05) is 60.1 Å². The predicted molar refractivity (Wildman–Crippen MR) is 119 cm³/mol. The van der Waals surface area contributed by atoms with Crippen molar-refractivity contribution < 1.29 is 13.3 Å². The lowest BCUT2D eigenvalue weighted by Gasteiger charge is -2.32. The van der Waals surface area contributed by atoms with E-state index in [1.165, 1.54) is 12.4 Å². The van der Waals surface area contributed by atoms with E-state index < -0.39 is 16.6 Å². The molecule has 1 aromatic carbocycles. The van der Waals surface area contributed by atoms with Crippen molar-refractivity contribution in [3.63, 3.8) is 0 Å². The lowest BCUT2D eigenvalue weighted by Crippen LogP contribution is -2.39. The average molecular weight is 455 g/mol. The van der Waals surface area contributed by atoms with Crippen molar-refractivity contribution in [1.82, 2.24) is 19.9 Å². The highest BCUT2D eigenvalue weighted by molar-refractivity contribution is 7.84. The number of hydrogen-bond acceptors (Lipinski definition) is 8. The molecule has 4 heterocycles. The molecular formula is C22H23FN6O2S. The van der Waals surface area contributed by atoms with Crippen LogP contribution < -0.4 is 14.5 Å². The Morgan fingerprint density at radius 1 is 1.03 bits per heavy atom. The number of rotatable bonds is 5. The highest BCUT2D eigenvalue weighted by Gasteiger charge is 2.29. The van der Waals surface area contributed by atoms with Crippen LogP contribution in [0.2, 0.25) is 0 Å². The summed E-state index contributed by atoms with van der Waals surface area (Å²) in [4.78, 5) is 22.0. The van der Waals surface area contributed by atoms with Gasteiger partial charge in [-0.3, -0.25) is 4.21 Å². The van der Waals surface area contributed by atoms with Crippen LogP contribution in [0.15, 0.2) is 47.9 Å². The summed E-state index contributed by atoms with van der Waals surface area (Å²) < 4.78 is 31.0. The molecule has 10 heteroatoms. The standard InChI is InChI=1S/C22H23FN6O2S/c1-32(30)18-4-2-16(3-5-18)29-11-8-19-20(29)26-14-27-21(19)31-17-6-9-28(10-7-17)22-24-12-15(23)13-25-22/h2-5,12-14,17H,6-11H2,1H3/t32-/m0/s1. The number of anilines is 3. The topological polar surface area (TPSA) is 84.3 Å². The Balaban J connectivity index is 1.27. The SMILES string of the molecule is C[S@](=O)c1ccc(N2CCc3c(OC4CCN(c5ncc(F)cn5)CC4)ncnc32)cc1. The third-order valence-corrected chi connectivity index (χ3v) is 6.75. The lowest BCUT2D eigenvalue weighted by molar-refractivity contribution is 0.162. The third kappa shape index (κ3) is 4.14. The fraction of sp³-hybridized carbons (Fsp3) is 0.364. The molecule has 5 rings (SSSR count). The molecule has 1 atom stereocenters. The zero-order valence-corrected chi connectivity index (χ0v) is 18.5. The number of halogens is 1. The van der Waals surface area contributed by atoms with Crippen molar-refractivity contribution in [1.29, 1.82) is 0 Å². The summed E-state index contributed by atoms with van der Waals surface area (Å²) in [7, 11) is -1.00. The Bertz CT molecular complexity index is 1120. The first-order valence-electron chi connectivity index (χ1n) is 10.5. The molecule has 2 aromatic heterocycles. The Morgan fingerprint density at radius 3 is 2.44 bits per heavy atom. The van der Waals surface area contributed by atoms with Gasteiger partial charge in [0.2, 0.25) is 11.8 Å². The summed E-state index contributed by atoms with van der Waals surface area (Å²) in [5.41, 5.74) is 2.02. The van der Waals surface area contributed by atoms with E-state index in [1.54, 1.807) is 12.6 Å². The Kier molecular flexibility index (Phi) is 5.69. The van der Waals surface area contributed by atoms with Crippen molar-refractivity contribution >= 4 is 28.3 Å². The van der Waals surface area contributed by atoms with E-state index in [4.69, 9.17) is 4.74 Å². The van der Waals surface area contributed by atoms with E-state index in [0.717, 1.165) is 60.9 Å². The highest BCUT2D eigenvalue weighted by atomic mass is 32.2. The van der Waals surface area contributed by atoms with Gasteiger partial charge in [0.15, 0.2) is 5.82 Å². The number of aromatic nitrogens is 4. The zero-order valence-electron chi connectivity index (χ0n) is 17.6. The Labute approximate surface area is 188 Å². The lowest BCUT2D eigenvalue weighted by atomic mass is 10.1. The van der Waals surface area contributed by atoms with Crippen molar-refractivity contribution in [2.24, 2.45) is 0 Å². The minimum absolute atomic E-state index is 0.0403. The van der Waals surface area contributed by atoms with Crippen LogP contribution >= 0.6 is 0 Å². The van der Waals surface area contributed by atoms with Crippen LogP contribution in [0.4, 0.5) is 21.8 Å². The molecule has 0 radical (unpaired) electrons. The van der Waals surface area contributed by atoms with Gasteiger partial charge in [-0.2, -0.15) is 0 Å². The van der Waals surface area contributed by atoms with Crippen LogP contribution in [-0.4, -0.2) is 56.1 Å². The van der Waals surface area contributed by atoms with Crippen molar-refractivity contribution in [3.8, 4) is 5.88 Å². The van der Waals surface area contributed by atoms with E-state index in [-0.39, 0.29) is 6.10 Å². The van der Waals surface area contributed by atoms with Crippen LogP contribution in [0.25, 0.3) is 0 Å². The molecule has 1 saturated heterocycles. The number of benzene rings is 1. The maximum Gasteiger partial charge on any atom is 0.225 e. The van der Waals surface area contributed by atoms with Gasteiger partial charge in [-0.25, -0.2) is 24.3 Å². The first-order valence-corrected chi connectivity index (χ1v) is 12.1. The van der Waals surface area contributed by atoms with Gasteiger partial charge in [0.1, 0.15) is 18.2 Å². The molecule has 0 aliphatic carbocycles. The second-order valence-electron chi connectivity index (χ2n) is 7.84. The number of piperidine rings is 1. The van der Waals surface area contributed by atoms with Crippen molar-refractivity contribution in [2.45, 2.75) is 30.3 Å². The van der Waals surface area contributed by atoms with Gasteiger partial charge in [-0.05, 0) is 30.7 Å². The average Bonchev–Trinajstić information content (AvgIpc) is 3.25. The minimum atomic E-state index is -1.00. The van der Waals surface area contributed by atoms with Crippen molar-refractivity contribution in [2.75, 3.05) is 35.7 Å². The molecule has 3 aromatic rings. The summed E-state index contributed by atoms with van der Waals surface area (Å²) in [6, 6.07) is 7.73. The fourth-order valence-corrected chi connectivity index (χ4v) is 4.66. The van der Waals surface area contributed by atoms with Gasteiger partial charge in [0.05, 0.1) is 18.0 Å². The van der Waals surface area contributed by atoms with Gasteiger partial charge in [-0.1, -0.05) is 0 Å². The minimum Gasteiger partial charge on any atom is -0.474 e. The number of fused-ring (bicyclic) bond motifs is 1. The molecule has 1 fully saturated rings. The molecule has 0 saturated carbocycles. The summed E-state index contributed by atoms with van der Waals surface area (Å²) in [6.45, 7) is 2.26. The molecule has 166 valence electrons. The molecule has 0 bridgehead atoms. The van der Waals surface area contributed by atoms with Crippen LogP contribution in [0.1, 0.15) is 18.4 Å². The van der Waals surface area contributed by atoms with Gasteiger partial charge in [-0.15, -0.1) is 0 Å². The maximum absolute atomic E-state index is 13.1. The summed E-state index contributed by atoms with van der Waals surface area (Å²) in [6.07, 6.45) is 8.05. The molecule has 2 aliphatic rings. The quantitative estimate of drug-likeness (QED) is 0.582. The van der Waals surface area contributed by atoms with Gasteiger partial charge >= 0.3 is 0 Å². The first kappa shape index (κ1) is 20.7. The van der Waals surface area contributed by atoms with Crippen LogP contribution in [0, 0.1) is 5.82 Å². The summed E-state index contributed by atoms with van der Waals surface area (Å²) in [5.74, 6) is 1.61. The van der Waals surface area contributed by atoms with E-state index >= 15 is 0 Å². The monoisotopic (exact) mass is 454 g/mol. The molecular weight excluding hydrogens is 431 g/mol. The van der Waals surface area contributed by atoms with Crippen LogP contribution in [0.5, 0.6) is 5.88 Å². The van der Waals surface area contributed by atoms with Crippen LogP contribution in [0.3, 0.4) is 0 Å². The molecule has 32 heavy (non-hydrogen) atoms. The smallest absolute Gasteiger partial charge is 0.225 e. The number of ether oxygens (including phenoxy) is 1. The second-order valence-corrected chi connectivity index (χ2v) is 9.22. The normalized spacial score (nSPS) is 17.3. The van der Waals surface area contributed by atoms with Crippen LogP contribution in [-0.2, 0) is 17.2 Å². The number of hydrogen-bond donors (Lipinski definition) is 0. The second kappa shape index (κ2) is 8.78. The zero-order chi connectivity index (χ0) is 22.1. The predicted octanol–water partition coefficient (Wildman–Crippen LogP) is 2.89. The van der Waals surface area contributed by atoms with E-state index in [9.17, 15) is 8.60 Å². The number of nitrogens with zero attached hydrogens (tertiary/aromatic N) is 6. The third-order valence-electron chi connectivity index (χ3n) is 5.81. The summed E-state index contributed by atoms with van der Waals surface area (Å²) >= 11 is 0. The molecule has 0 unspecified atom stereocenters. The molecule has 0 amide bonds. The van der Waals surface area contributed by atoms with E-state index in [2.05, 4.69) is 24.8 Å². The molecule has 2 aliphatic heterocycles. The molecule has 0 spiro atoms. The van der Waals surface area contributed by atoms with E-state index in [1.807, 2.05) is 29.2 Å². The molecule has 8 nitrogen and oxygen atoms in total. The molecule has 0 N–H and O–H groups in total. The van der Waals surface area contributed by atoms with Gasteiger partial charge in [0.25, 0.3) is 0 Å².